The number of esters is 1. The van der Waals surface area contributed by atoms with Crippen LogP contribution in [0.4, 0.5) is 19.0 Å². The molecule has 0 unspecified atom stereocenters. The van der Waals surface area contributed by atoms with E-state index in [0.29, 0.717) is 36.6 Å². The summed E-state index contributed by atoms with van der Waals surface area (Å²) in [6.07, 6.45) is -2.53. The van der Waals surface area contributed by atoms with Gasteiger partial charge in [-0.15, -0.1) is 13.2 Å². The molecule has 0 amide bonds. The Kier molecular flexibility index (Phi) is 9.57. The van der Waals surface area contributed by atoms with E-state index >= 15 is 0 Å². The van der Waals surface area contributed by atoms with Crippen LogP contribution in [0.2, 0.25) is 0 Å². The summed E-state index contributed by atoms with van der Waals surface area (Å²) in [5, 5.41) is 9.33. The maximum atomic E-state index is 12.5. The van der Waals surface area contributed by atoms with E-state index in [1.165, 1.54) is 12.1 Å². The molecule has 0 radical (unpaired) electrons. The molecule has 0 atom stereocenters. The largest absolute Gasteiger partial charge is 0.573 e. The Labute approximate surface area is 219 Å². The van der Waals surface area contributed by atoms with Crippen LogP contribution in [0, 0.1) is 0 Å². The van der Waals surface area contributed by atoms with E-state index < -0.39 is 17.9 Å². The zero-order valence-corrected chi connectivity index (χ0v) is 21.5. The van der Waals surface area contributed by atoms with Gasteiger partial charge in [-0.25, -0.2) is 9.78 Å². The molecule has 3 rings (SSSR count). The smallest absolute Gasteiger partial charge is 0.476 e. The average Bonchev–Trinajstić information content (AvgIpc) is 2.87. The van der Waals surface area contributed by atoms with Crippen molar-refractivity contribution in [2.24, 2.45) is 0 Å². The van der Waals surface area contributed by atoms with Gasteiger partial charge in [-0.2, -0.15) is 0 Å². The summed E-state index contributed by atoms with van der Waals surface area (Å²) >= 11 is 0. The molecule has 0 aliphatic carbocycles. The number of hydrogen-bond donors (Lipinski definition) is 1. The highest BCUT2D eigenvalue weighted by Crippen LogP contribution is 2.25. The van der Waals surface area contributed by atoms with Crippen LogP contribution in [0.15, 0.2) is 66.9 Å². The van der Waals surface area contributed by atoms with Crippen molar-refractivity contribution in [3.05, 3.63) is 83.6 Å². The minimum absolute atomic E-state index is 0.130. The molecule has 0 spiro atoms. The molecule has 0 saturated carbocycles. The van der Waals surface area contributed by atoms with Crippen LogP contribution in [-0.2, 0) is 29.1 Å². The second kappa shape index (κ2) is 12.6. The molecule has 1 aromatic heterocycles. The second-order valence-corrected chi connectivity index (χ2v) is 9.02. The summed E-state index contributed by atoms with van der Waals surface area (Å²) in [6.45, 7) is 6.12. The summed E-state index contributed by atoms with van der Waals surface area (Å²) in [5.74, 6) is 0.462. The lowest BCUT2D eigenvalue weighted by molar-refractivity contribution is -0.274. The third kappa shape index (κ3) is 8.65. The average molecular weight is 533 g/mol. The molecular formula is C28H31F3N2O5. The van der Waals surface area contributed by atoms with E-state index in [0.717, 1.165) is 11.1 Å². The van der Waals surface area contributed by atoms with E-state index in [-0.39, 0.29) is 19.0 Å². The van der Waals surface area contributed by atoms with Crippen LogP contribution in [-0.4, -0.2) is 41.2 Å². The second-order valence-electron chi connectivity index (χ2n) is 9.02. The van der Waals surface area contributed by atoms with E-state index in [2.05, 4.69) is 9.72 Å². The molecule has 204 valence electrons. The number of carbonyl (C=O) groups is 1. The van der Waals surface area contributed by atoms with Gasteiger partial charge in [-0.05, 0) is 74.2 Å². The molecule has 0 bridgehead atoms. The fraction of sp³-hybridized carbons (Fsp3) is 0.357. The van der Waals surface area contributed by atoms with Crippen molar-refractivity contribution in [3.63, 3.8) is 0 Å². The van der Waals surface area contributed by atoms with Crippen molar-refractivity contribution >= 4 is 11.8 Å². The maximum Gasteiger partial charge on any atom is 0.573 e. The molecule has 1 heterocycles. The molecular weight excluding hydrogens is 501 g/mol. The Balaban J connectivity index is 1.70. The zero-order valence-electron chi connectivity index (χ0n) is 21.5. The molecule has 0 aliphatic rings. The van der Waals surface area contributed by atoms with Gasteiger partial charge in [0.15, 0.2) is 5.60 Å². The van der Waals surface area contributed by atoms with Crippen LogP contribution in [0.25, 0.3) is 0 Å². The molecule has 10 heteroatoms. The Morgan fingerprint density at radius 1 is 0.895 bits per heavy atom. The van der Waals surface area contributed by atoms with E-state index in [4.69, 9.17) is 9.47 Å². The summed E-state index contributed by atoms with van der Waals surface area (Å²) < 4.78 is 52.3. The molecule has 0 aliphatic heterocycles. The number of nitrogens with zero attached hydrogens (tertiary/aromatic N) is 2. The SMILES string of the molecule is CCOC(=O)C(C)(C)Oc1ccc(CCN(Cc2ccc(OC(F)(F)F)cc2)c2ccc(CO)cn2)cc1. The number of rotatable bonds is 12. The van der Waals surface area contributed by atoms with Crippen LogP contribution in [0.1, 0.15) is 37.5 Å². The van der Waals surface area contributed by atoms with Crippen molar-refractivity contribution in [3.8, 4) is 11.5 Å². The lowest BCUT2D eigenvalue weighted by atomic mass is 10.1. The van der Waals surface area contributed by atoms with Gasteiger partial charge in [-0.1, -0.05) is 30.3 Å². The number of halogens is 3. The number of hydrogen-bond acceptors (Lipinski definition) is 7. The number of alkyl halides is 3. The van der Waals surface area contributed by atoms with E-state index in [1.807, 2.05) is 17.0 Å². The normalized spacial score (nSPS) is 11.7. The number of carbonyl (C=O) groups excluding carboxylic acids is 1. The highest BCUT2D eigenvalue weighted by molar-refractivity contribution is 5.79. The number of pyridine rings is 1. The molecule has 0 fully saturated rings. The maximum absolute atomic E-state index is 12.5. The number of benzene rings is 2. The van der Waals surface area contributed by atoms with Gasteiger partial charge in [0.05, 0.1) is 13.2 Å². The fourth-order valence-electron chi connectivity index (χ4n) is 3.62. The first-order chi connectivity index (χ1) is 18.0. The third-order valence-electron chi connectivity index (χ3n) is 5.58. The molecule has 38 heavy (non-hydrogen) atoms. The van der Waals surface area contributed by atoms with Gasteiger partial charge in [0.2, 0.25) is 0 Å². The van der Waals surface area contributed by atoms with E-state index in [1.54, 1.807) is 63.4 Å². The van der Waals surface area contributed by atoms with Gasteiger partial charge in [0.1, 0.15) is 17.3 Å². The molecule has 0 saturated heterocycles. The fourth-order valence-corrected chi connectivity index (χ4v) is 3.62. The van der Waals surface area contributed by atoms with Gasteiger partial charge >= 0.3 is 12.3 Å². The standard InChI is InChI=1S/C28H31F3N2O5/c1-4-36-26(35)27(2,3)37-23-10-5-20(6-11-23)15-16-33(25-14-9-22(19-34)17-32-25)18-21-7-12-24(13-8-21)38-28(29,30)31/h5-14,17,34H,4,15-16,18-19H2,1-3H3. The molecule has 7 nitrogen and oxygen atoms in total. The minimum atomic E-state index is -4.75. The first-order valence-electron chi connectivity index (χ1n) is 12.1. The topological polar surface area (TPSA) is 81.1 Å². The van der Waals surface area contributed by atoms with Crippen molar-refractivity contribution in [2.75, 3.05) is 18.1 Å². The highest BCUT2D eigenvalue weighted by atomic mass is 19.4. The van der Waals surface area contributed by atoms with Gasteiger partial charge in [-0.3, -0.25) is 0 Å². The van der Waals surface area contributed by atoms with Crippen molar-refractivity contribution < 1.29 is 37.3 Å². The predicted molar refractivity (Wildman–Crippen MR) is 136 cm³/mol. The van der Waals surface area contributed by atoms with Crippen molar-refractivity contribution in [1.82, 2.24) is 4.98 Å². The monoisotopic (exact) mass is 532 g/mol. The third-order valence-corrected chi connectivity index (χ3v) is 5.58. The van der Waals surface area contributed by atoms with Gasteiger partial charge in [0.25, 0.3) is 0 Å². The number of anilines is 1. The Hall–Kier alpha value is -3.79. The quantitative estimate of drug-likeness (QED) is 0.311. The van der Waals surface area contributed by atoms with Crippen LogP contribution < -0.4 is 14.4 Å². The zero-order chi connectivity index (χ0) is 27.8. The van der Waals surface area contributed by atoms with Crippen LogP contribution >= 0.6 is 0 Å². The van der Waals surface area contributed by atoms with E-state index in [9.17, 15) is 23.1 Å². The Morgan fingerprint density at radius 3 is 2.00 bits per heavy atom. The lowest BCUT2D eigenvalue weighted by Crippen LogP contribution is -2.39. The Morgan fingerprint density at radius 2 is 1.47 bits per heavy atom. The van der Waals surface area contributed by atoms with Crippen LogP contribution in [0.5, 0.6) is 11.5 Å². The number of aromatic nitrogens is 1. The summed E-state index contributed by atoms with van der Waals surface area (Å²) in [6, 6.07) is 16.7. The first-order valence-corrected chi connectivity index (χ1v) is 12.1. The number of ether oxygens (including phenoxy) is 3. The highest BCUT2D eigenvalue weighted by Gasteiger charge is 2.32. The summed E-state index contributed by atoms with van der Waals surface area (Å²) in [4.78, 5) is 18.5. The van der Waals surface area contributed by atoms with Crippen molar-refractivity contribution in [2.45, 2.75) is 52.3 Å². The molecule has 3 aromatic rings. The molecule has 2 aromatic carbocycles. The Bertz CT molecular complexity index is 1170. The first kappa shape index (κ1) is 28.8. The summed E-state index contributed by atoms with van der Waals surface area (Å²) in [5.41, 5.74) is 1.33. The minimum Gasteiger partial charge on any atom is -0.476 e. The number of aliphatic hydroxyl groups is 1. The number of aliphatic hydroxyl groups excluding tert-OH is 1. The lowest BCUT2D eigenvalue weighted by Gasteiger charge is -2.25. The predicted octanol–water partition coefficient (Wildman–Crippen LogP) is 5.44. The van der Waals surface area contributed by atoms with Gasteiger partial charge in [0, 0.05) is 19.3 Å². The molecule has 1 N–H and O–H groups in total. The van der Waals surface area contributed by atoms with Gasteiger partial charge < -0.3 is 24.2 Å². The van der Waals surface area contributed by atoms with Crippen molar-refractivity contribution in [1.29, 1.82) is 0 Å². The summed E-state index contributed by atoms with van der Waals surface area (Å²) in [7, 11) is 0. The van der Waals surface area contributed by atoms with Crippen LogP contribution in [0.3, 0.4) is 0 Å².